The minimum absolute atomic E-state index is 0.174. The Morgan fingerprint density at radius 1 is 1.24 bits per heavy atom. The molecule has 0 bridgehead atoms. The highest BCUT2D eigenvalue weighted by molar-refractivity contribution is 7.89. The number of para-hydroxylation sites is 1. The molecule has 0 spiro atoms. The van der Waals surface area contributed by atoms with E-state index in [0.717, 1.165) is 31.6 Å². The number of halogens is 1. The predicted molar refractivity (Wildman–Crippen MR) is 87.6 cm³/mol. The lowest BCUT2D eigenvalue weighted by molar-refractivity contribution is 0.399. The first kappa shape index (κ1) is 16.6. The number of benzene rings is 1. The number of nitrogens with zero attached hydrogens (tertiary/aromatic N) is 2. The molecule has 1 fully saturated rings. The molecule has 1 aliphatic rings. The quantitative estimate of drug-likeness (QED) is 0.797. The van der Waals surface area contributed by atoms with Crippen molar-refractivity contribution in [2.75, 3.05) is 32.1 Å². The van der Waals surface area contributed by atoms with Crippen LogP contribution in [-0.2, 0) is 10.0 Å². The molecule has 4 nitrogen and oxygen atoms in total. The third-order valence-electron chi connectivity index (χ3n) is 4.15. The molecule has 0 amide bonds. The Morgan fingerprint density at radius 2 is 1.81 bits per heavy atom. The van der Waals surface area contributed by atoms with Crippen LogP contribution in [0.2, 0.25) is 0 Å². The lowest BCUT2D eigenvalue weighted by Gasteiger charge is -2.35. The van der Waals surface area contributed by atoms with Crippen LogP contribution in [0, 0.1) is 5.92 Å². The molecule has 1 unspecified atom stereocenters. The van der Waals surface area contributed by atoms with Gasteiger partial charge in [-0.25, -0.2) is 12.7 Å². The molecule has 6 heteroatoms. The lowest BCUT2D eigenvalue weighted by Crippen LogP contribution is -2.37. The molecule has 118 valence electrons. The summed E-state index contributed by atoms with van der Waals surface area (Å²) in [6, 6.07) is 7.23. The molecule has 21 heavy (non-hydrogen) atoms. The van der Waals surface area contributed by atoms with Gasteiger partial charge in [-0.2, -0.15) is 0 Å². The Balaban J connectivity index is 2.27. The first-order valence-corrected chi connectivity index (χ1v) is 9.12. The molecule has 0 saturated carbocycles. The van der Waals surface area contributed by atoms with Gasteiger partial charge in [-0.1, -0.05) is 12.1 Å². The number of piperidine rings is 1. The second kappa shape index (κ2) is 6.55. The van der Waals surface area contributed by atoms with Crippen molar-refractivity contribution in [1.29, 1.82) is 0 Å². The van der Waals surface area contributed by atoms with Crippen LogP contribution < -0.4 is 4.90 Å². The topological polar surface area (TPSA) is 40.6 Å². The highest BCUT2D eigenvalue weighted by atomic mass is 35.5. The van der Waals surface area contributed by atoms with Crippen LogP contribution in [0.1, 0.15) is 19.8 Å². The van der Waals surface area contributed by atoms with Crippen molar-refractivity contribution >= 4 is 27.3 Å². The zero-order valence-electron chi connectivity index (χ0n) is 12.8. The van der Waals surface area contributed by atoms with Crippen molar-refractivity contribution < 1.29 is 8.42 Å². The minimum Gasteiger partial charge on any atom is -0.370 e. The highest BCUT2D eigenvalue weighted by Crippen LogP contribution is 2.32. The van der Waals surface area contributed by atoms with Crippen molar-refractivity contribution in [1.82, 2.24) is 4.31 Å². The molecule has 2 rings (SSSR count). The van der Waals surface area contributed by atoms with E-state index in [4.69, 9.17) is 11.6 Å². The van der Waals surface area contributed by atoms with Crippen LogP contribution in [-0.4, -0.2) is 45.3 Å². The van der Waals surface area contributed by atoms with Crippen molar-refractivity contribution in [3.63, 3.8) is 0 Å². The van der Waals surface area contributed by atoms with Gasteiger partial charge in [0, 0.05) is 32.6 Å². The Morgan fingerprint density at radius 3 is 2.33 bits per heavy atom. The Labute approximate surface area is 132 Å². The minimum atomic E-state index is -3.42. The number of hydrogen-bond donors (Lipinski definition) is 0. The molecule has 1 aromatic carbocycles. The van der Waals surface area contributed by atoms with Crippen molar-refractivity contribution in [2.45, 2.75) is 30.0 Å². The number of sulfonamides is 1. The Bertz CT molecular complexity index is 579. The van der Waals surface area contributed by atoms with Gasteiger partial charge >= 0.3 is 0 Å². The largest absolute Gasteiger partial charge is 0.370 e. The molecule has 1 saturated heterocycles. The molecule has 1 atom stereocenters. The zero-order chi connectivity index (χ0) is 15.6. The highest BCUT2D eigenvalue weighted by Gasteiger charge is 2.27. The van der Waals surface area contributed by atoms with E-state index in [1.54, 1.807) is 26.2 Å². The van der Waals surface area contributed by atoms with Crippen molar-refractivity contribution in [3.8, 4) is 0 Å². The zero-order valence-corrected chi connectivity index (χ0v) is 14.4. The summed E-state index contributed by atoms with van der Waals surface area (Å²) in [5.74, 6) is 0.514. The maximum Gasteiger partial charge on any atom is 0.244 e. The predicted octanol–water partition coefficient (Wildman–Crippen LogP) is 2.78. The number of alkyl halides is 1. The van der Waals surface area contributed by atoms with Crippen LogP contribution in [0.5, 0.6) is 0 Å². The average Bonchev–Trinajstić information content (AvgIpc) is 2.47. The molecule has 0 aromatic heterocycles. The second-order valence-electron chi connectivity index (χ2n) is 5.76. The second-order valence-corrected chi connectivity index (χ2v) is 8.57. The van der Waals surface area contributed by atoms with E-state index in [9.17, 15) is 8.42 Å². The summed E-state index contributed by atoms with van der Waals surface area (Å²) in [5, 5.41) is 0.174. The van der Waals surface area contributed by atoms with Gasteiger partial charge < -0.3 is 4.90 Å². The summed E-state index contributed by atoms with van der Waals surface area (Å²) in [6.07, 6.45) is 2.00. The van der Waals surface area contributed by atoms with E-state index in [1.165, 1.54) is 4.31 Å². The Kier molecular flexibility index (Phi) is 5.17. The van der Waals surface area contributed by atoms with E-state index in [-0.39, 0.29) is 5.38 Å². The van der Waals surface area contributed by atoms with E-state index < -0.39 is 10.0 Å². The van der Waals surface area contributed by atoms with Gasteiger partial charge in [-0.15, -0.1) is 11.6 Å². The fraction of sp³-hybridized carbons (Fsp3) is 0.600. The maximum absolute atomic E-state index is 12.4. The molecule has 0 radical (unpaired) electrons. The fourth-order valence-electron chi connectivity index (χ4n) is 2.73. The Hall–Kier alpha value is -0.780. The summed E-state index contributed by atoms with van der Waals surface area (Å²) in [5.41, 5.74) is 0.798. The van der Waals surface area contributed by atoms with Crippen molar-refractivity contribution in [2.24, 2.45) is 5.92 Å². The number of rotatable bonds is 4. The first-order valence-electron chi connectivity index (χ1n) is 7.24. The standard InChI is InChI=1S/C15H23ClN2O2S/c1-12(16)13-8-10-18(11-9-13)14-6-4-5-7-15(14)21(19,20)17(2)3/h4-7,12-13H,8-11H2,1-3H3. The molecule has 1 heterocycles. The number of hydrogen-bond acceptors (Lipinski definition) is 3. The van der Waals surface area contributed by atoms with Crippen LogP contribution in [0.15, 0.2) is 29.2 Å². The van der Waals surface area contributed by atoms with Gasteiger partial charge in [0.2, 0.25) is 10.0 Å². The van der Waals surface area contributed by atoms with Crippen LogP contribution in [0.4, 0.5) is 5.69 Å². The van der Waals surface area contributed by atoms with Crippen molar-refractivity contribution in [3.05, 3.63) is 24.3 Å². The van der Waals surface area contributed by atoms with Gasteiger partial charge in [-0.05, 0) is 37.8 Å². The van der Waals surface area contributed by atoms with Gasteiger partial charge in [0.15, 0.2) is 0 Å². The molecular formula is C15H23ClN2O2S. The van der Waals surface area contributed by atoms with Gasteiger partial charge in [0.25, 0.3) is 0 Å². The molecule has 0 aliphatic carbocycles. The summed E-state index contributed by atoms with van der Waals surface area (Å²) in [6.45, 7) is 3.73. The van der Waals surface area contributed by atoms with E-state index in [1.807, 2.05) is 19.1 Å². The van der Waals surface area contributed by atoms with E-state index in [2.05, 4.69) is 4.90 Å². The monoisotopic (exact) mass is 330 g/mol. The first-order chi connectivity index (χ1) is 9.84. The third kappa shape index (κ3) is 3.52. The molecule has 1 aromatic rings. The van der Waals surface area contributed by atoms with Crippen LogP contribution >= 0.6 is 11.6 Å². The summed E-state index contributed by atoms with van der Waals surface area (Å²) < 4.78 is 26.2. The van der Waals surface area contributed by atoms with E-state index >= 15 is 0 Å². The van der Waals surface area contributed by atoms with Gasteiger partial charge in [0.1, 0.15) is 4.90 Å². The third-order valence-corrected chi connectivity index (χ3v) is 6.37. The molecule has 1 aliphatic heterocycles. The smallest absolute Gasteiger partial charge is 0.244 e. The lowest BCUT2D eigenvalue weighted by atomic mass is 9.94. The fourth-order valence-corrected chi connectivity index (χ4v) is 4.09. The average molecular weight is 331 g/mol. The number of anilines is 1. The molecular weight excluding hydrogens is 308 g/mol. The summed E-state index contributed by atoms with van der Waals surface area (Å²) in [4.78, 5) is 2.54. The maximum atomic E-state index is 12.4. The van der Waals surface area contributed by atoms with Crippen LogP contribution in [0.3, 0.4) is 0 Å². The van der Waals surface area contributed by atoms with E-state index in [0.29, 0.717) is 10.8 Å². The summed E-state index contributed by atoms with van der Waals surface area (Å²) >= 11 is 6.17. The normalized spacial score (nSPS) is 19.0. The molecule has 0 N–H and O–H groups in total. The van der Waals surface area contributed by atoms with Crippen LogP contribution in [0.25, 0.3) is 0 Å². The van der Waals surface area contributed by atoms with Gasteiger partial charge in [-0.3, -0.25) is 0 Å². The van der Waals surface area contributed by atoms with Gasteiger partial charge in [0.05, 0.1) is 5.69 Å². The SMILES string of the molecule is CC(Cl)C1CCN(c2ccccc2S(=O)(=O)N(C)C)CC1. The summed E-state index contributed by atoms with van der Waals surface area (Å²) in [7, 11) is -0.295.